The van der Waals surface area contributed by atoms with E-state index in [1.807, 2.05) is 0 Å². The van der Waals surface area contributed by atoms with Crippen LogP contribution >= 0.6 is 0 Å². The first-order valence-corrected chi connectivity index (χ1v) is 4.98. The number of hydrogen-bond donors (Lipinski definition) is 6. The average Bonchev–Trinajstić information content (AvgIpc) is 2.16. The minimum Gasteiger partial charge on any atom is -0.481 e. The Morgan fingerprint density at radius 3 is 0.889 bits per heavy atom. The molecule has 0 fully saturated rings. The molecule has 0 aromatic rings. The van der Waals surface area contributed by atoms with Crippen LogP contribution in [0.25, 0.3) is 0 Å². The highest BCUT2D eigenvalue weighted by molar-refractivity contribution is 5.63. The summed E-state index contributed by atoms with van der Waals surface area (Å²) in [4.78, 5) is 18.0. The second kappa shape index (κ2) is 21.1. The van der Waals surface area contributed by atoms with Gasteiger partial charge in [0, 0.05) is 13.8 Å². The molecule has 6 N–H and O–H groups in total. The Hall–Kier alpha value is -1.22. The number of hydrogen-bond acceptors (Lipinski definition) is 6. The molecule has 0 spiro atoms. The van der Waals surface area contributed by atoms with Crippen molar-refractivity contribution in [3.05, 3.63) is 0 Å². The lowest BCUT2D eigenvalue weighted by Gasteiger charge is -1.90. The summed E-state index contributed by atoms with van der Waals surface area (Å²) in [7, 11) is 0. The number of rotatable bonds is 2. The van der Waals surface area contributed by atoms with Gasteiger partial charge < -0.3 is 30.6 Å². The molecule has 0 amide bonds. The van der Waals surface area contributed by atoms with Crippen LogP contribution in [0, 0.1) is 0 Å². The fraction of sp³-hybridized carbons (Fsp3) is 0.800. The molecule has 8 nitrogen and oxygen atoms in total. The zero-order chi connectivity index (χ0) is 15.7. The molecule has 0 saturated heterocycles. The molecule has 0 aliphatic rings. The van der Waals surface area contributed by atoms with Gasteiger partial charge in [-0.2, -0.15) is 0 Å². The topological polar surface area (TPSA) is 156 Å². The number of aliphatic hydroxyl groups excluding tert-OH is 4. The van der Waals surface area contributed by atoms with E-state index in [0.29, 0.717) is 0 Å². The van der Waals surface area contributed by atoms with Gasteiger partial charge in [0.1, 0.15) is 0 Å². The molecule has 0 bridgehead atoms. The van der Waals surface area contributed by atoms with E-state index >= 15 is 0 Å². The van der Waals surface area contributed by atoms with Crippen LogP contribution in [0.5, 0.6) is 0 Å². The third-order valence-electron chi connectivity index (χ3n) is 0.528. The van der Waals surface area contributed by atoms with Crippen LogP contribution in [0.15, 0.2) is 0 Å². The van der Waals surface area contributed by atoms with Crippen molar-refractivity contribution < 1.29 is 40.2 Å². The van der Waals surface area contributed by atoms with Crippen LogP contribution in [0.1, 0.15) is 27.7 Å². The molecule has 8 heteroatoms. The Labute approximate surface area is 106 Å². The monoisotopic (exact) mass is 272 g/mol. The summed E-state index contributed by atoms with van der Waals surface area (Å²) in [5.41, 5.74) is 0. The Morgan fingerprint density at radius 1 is 0.833 bits per heavy atom. The SMILES string of the molecule is CC(=O)O.CC(=O)O.CC(O)CO.CC(O)CO. The van der Waals surface area contributed by atoms with Crippen molar-refractivity contribution >= 4 is 11.9 Å². The van der Waals surface area contributed by atoms with Crippen molar-refractivity contribution in [1.29, 1.82) is 0 Å². The van der Waals surface area contributed by atoms with Gasteiger partial charge in [-0.15, -0.1) is 0 Å². The molecule has 0 aromatic heterocycles. The van der Waals surface area contributed by atoms with E-state index in [1.54, 1.807) is 0 Å². The third kappa shape index (κ3) is 363. The molecule has 2 unspecified atom stereocenters. The number of aliphatic hydroxyl groups is 4. The Balaban J connectivity index is -0.0000000731. The third-order valence-corrected chi connectivity index (χ3v) is 0.528. The lowest BCUT2D eigenvalue weighted by atomic mass is 10.5. The number of aliphatic carboxylic acids is 2. The molecule has 0 radical (unpaired) electrons. The molecule has 0 heterocycles. The van der Waals surface area contributed by atoms with Gasteiger partial charge in [0.15, 0.2) is 0 Å². The smallest absolute Gasteiger partial charge is 0.300 e. The summed E-state index contributed by atoms with van der Waals surface area (Å²) in [5.74, 6) is -1.67. The van der Waals surface area contributed by atoms with Crippen molar-refractivity contribution in [3.8, 4) is 0 Å². The van der Waals surface area contributed by atoms with E-state index in [2.05, 4.69) is 0 Å². The second-order valence-corrected chi connectivity index (χ2v) is 3.10. The fourth-order valence-electron chi connectivity index (χ4n) is 0. The van der Waals surface area contributed by atoms with E-state index in [1.165, 1.54) is 13.8 Å². The van der Waals surface area contributed by atoms with E-state index in [9.17, 15) is 0 Å². The normalized spacial score (nSPS) is 11.1. The Bertz CT molecular complexity index is 151. The van der Waals surface area contributed by atoms with Crippen LogP contribution in [-0.2, 0) is 9.59 Å². The second-order valence-electron chi connectivity index (χ2n) is 3.10. The van der Waals surface area contributed by atoms with Gasteiger partial charge in [-0.3, -0.25) is 9.59 Å². The molecular weight excluding hydrogens is 248 g/mol. The summed E-state index contributed by atoms with van der Waals surface area (Å²) in [6.07, 6.45) is -1.12. The van der Waals surface area contributed by atoms with Crippen molar-refractivity contribution in [2.24, 2.45) is 0 Å². The Morgan fingerprint density at radius 2 is 0.889 bits per heavy atom. The van der Waals surface area contributed by atoms with Crippen LogP contribution in [0.4, 0.5) is 0 Å². The maximum Gasteiger partial charge on any atom is 0.300 e. The zero-order valence-corrected chi connectivity index (χ0v) is 11.1. The first-order valence-electron chi connectivity index (χ1n) is 4.98. The maximum absolute atomic E-state index is 9.00. The highest BCUT2D eigenvalue weighted by Crippen LogP contribution is 1.69. The summed E-state index contributed by atoms with van der Waals surface area (Å²) < 4.78 is 0. The lowest BCUT2D eigenvalue weighted by molar-refractivity contribution is -0.135. The Kier molecular flexibility index (Phi) is 30.0. The van der Waals surface area contributed by atoms with Crippen molar-refractivity contribution in [2.75, 3.05) is 13.2 Å². The molecule has 18 heavy (non-hydrogen) atoms. The standard InChI is InChI=1S/2C3H8O2.2C2H4O2/c2*1-3(5)2-4;2*1-2(3)4/h2*3-5H,2H2,1H3;2*1H3,(H,3,4). The largest absolute Gasteiger partial charge is 0.481 e. The highest BCUT2D eigenvalue weighted by Gasteiger charge is 1.83. The van der Waals surface area contributed by atoms with Crippen LogP contribution in [-0.4, -0.2) is 68.0 Å². The minimum absolute atomic E-state index is 0.139. The van der Waals surface area contributed by atoms with Gasteiger partial charge in [-0.25, -0.2) is 0 Å². The summed E-state index contributed by atoms with van der Waals surface area (Å²) in [6, 6.07) is 0. The number of carboxylic acid groups (broad SMARTS) is 2. The average molecular weight is 272 g/mol. The number of carboxylic acids is 2. The maximum atomic E-state index is 9.00. The van der Waals surface area contributed by atoms with Crippen LogP contribution in [0.3, 0.4) is 0 Å². The predicted molar refractivity (Wildman–Crippen MR) is 64.2 cm³/mol. The zero-order valence-electron chi connectivity index (χ0n) is 11.1. The van der Waals surface area contributed by atoms with Gasteiger partial charge in [-0.1, -0.05) is 0 Å². The van der Waals surface area contributed by atoms with Crippen LogP contribution in [0.2, 0.25) is 0 Å². The summed E-state index contributed by atoms with van der Waals surface area (Å²) in [6.45, 7) is 4.94. The predicted octanol–water partition coefficient (Wildman–Crippen LogP) is -1.10. The molecular formula is C10H24O8. The molecule has 112 valence electrons. The van der Waals surface area contributed by atoms with Crippen molar-refractivity contribution in [1.82, 2.24) is 0 Å². The fourth-order valence-corrected chi connectivity index (χ4v) is 0. The summed E-state index contributed by atoms with van der Waals surface area (Å²) >= 11 is 0. The van der Waals surface area contributed by atoms with Gasteiger partial charge in [0.05, 0.1) is 25.4 Å². The lowest BCUT2D eigenvalue weighted by Crippen LogP contribution is -2.03. The van der Waals surface area contributed by atoms with E-state index in [-0.39, 0.29) is 13.2 Å². The van der Waals surface area contributed by atoms with E-state index in [0.717, 1.165) is 13.8 Å². The summed E-state index contributed by atoms with van der Waals surface area (Å²) in [5, 5.41) is 46.8. The highest BCUT2D eigenvalue weighted by atomic mass is 16.4. The molecule has 0 aliphatic heterocycles. The van der Waals surface area contributed by atoms with Gasteiger partial charge in [-0.05, 0) is 13.8 Å². The molecule has 2 atom stereocenters. The van der Waals surface area contributed by atoms with Gasteiger partial charge in [0.25, 0.3) is 11.9 Å². The van der Waals surface area contributed by atoms with Gasteiger partial charge in [0.2, 0.25) is 0 Å². The first kappa shape index (κ1) is 25.6. The number of carbonyl (C=O) groups is 2. The molecule has 0 rings (SSSR count). The van der Waals surface area contributed by atoms with Crippen molar-refractivity contribution in [2.45, 2.75) is 39.9 Å². The van der Waals surface area contributed by atoms with Crippen molar-refractivity contribution in [3.63, 3.8) is 0 Å². The molecule has 0 aromatic carbocycles. The first-order chi connectivity index (χ1) is 8.00. The quantitative estimate of drug-likeness (QED) is 0.370. The van der Waals surface area contributed by atoms with Crippen LogP contribution < -0.4 is 0 Å². The molecule has 0 aliphatic carbocycles. The minimum atomic E-state index is -0.833. The molecule has 0 saturated carbocycles. The van der Waals surface area contributed by atoms with Gasteiger partial charge >= 0.3 is 0 Å². The van der Waals surface area contributed by atoms with E-state index in [4.69, 9.17) is 40.2 Å². The van der Waals surface area contributed by atoms with E-state index < -0.39 is 24.1 Å².